The normalized spacial score (nSPS) is 15.4. The van der Waals surface area contributed by atoms with E-state index in [-0.39, 0.29) is 38.5 Å². The zero-order valence-electron chi connectivity index (χ0n) is 16.7. The van der Waals surface area contributed by atoms with Gasteiger partial charge in [-0.2, -0.15) is 4.31 Å². The molecule has 0 radical (unpaired) electrons. The van der Waals surface area contributed by atoms with Gasteiger partial charge in [0, 0.05) is 49.3 Å². The van der Waals surface area contributed by atoms with Crippen LogP contribution in [-0.4, -0.2) is 56.8 Å². The summed E-state index contributed by atoms with van der Waals surface area (Å²) in [6.45, 7) is 0.386. The van der Waals surface area contributed by atoms with Gasteiger partial charge in [0.15, 0.2) is 0 Å². The number of methoxy groups -OCH3 is 1. The SMILES string of the molecule is COc1ccc2c(CC(=O)N3CCN(S(=O)(=O)c4ccc(F)cc4F)CC3)coc2c1. The molecule has 0 bridgehead atoms. The average molecular weight is 450 g/mol. The first kappa shape index (κ1) is 21.3. The Morgan fingerprint density at radius 1 is 1.10 bits per heavy atom. The number of ether oxygens (including phenoxy) is 1. The van der Waals surface area contributed by atoms with Crippen molar-refractivity contribution in [2.75, 3.05) is 33.3 Å². The quantitative estimate of drug-likeness (QED) is 0.597. The van der Waals surface area contributed by atoms with Crippen LogP contribution in [0.1, 0.15) is 5.56 Å². The second-order valence-corrected chi connectivity index (χ2v) is 9.07. The Balaban J connectivity index is 1.42. The van der Waals surface area contributed by atoms with Crippen molar-refractivity contribution in [3.8, 4) is 5.75 Å². The average Bonchev–Trinajstić information content (AvgIpc) is 3.15. The van der Waals surface area contributed by atoms with E-state index >= 15 is 0 Å². The molecule has 31 heavy (non-hydrogen) atoms. The zero-order chi connectivity index (χ0) is 22.2. The number of rotatable bonds is 5. The first-order chi connectivity index (χ1) is 14.8. The number of sulfonamides is 1. The van der Waals surface area contributed by atoms with Crippen LogP contribution in [0, 0.1) is 11.6 Å². The first-order valence-electron chi connectivity index (χ1n) is 9.56. The number of hydrogen-bond acceptors (Lipinski definition) is 5. The van der Waals surface area contributed by atoms with Gasteiger partial charge >= 0.3 is 0 Å². The molecule has 164 valence electrons. The van der Waals surface area contributed by atoms with E-state index in [2.05, 4.69) is 0 Å². The fraction of sp³-hybridized carbons (Fsp3) is 0.286. The third kappa shape index (κ3) is 4.13. The molecule has 0 N–H and O–H groups in total. The second kappa shape index (κ2) is 8.27. The maximum atomic E-state index is 14.0. The van der Waals surface area contributed by atoms with Gasteiger partial charge in [0.1, 0.15) is 27.9 Å². The third-order valence-corrected chi connectivity index (χ3v) is 7.24. The van der Waals surface area contributed by atoms with Crippen LogP contribution in [0.3, 0.4) is 0 Å². The van der Waals surface area contributed by atoms with Crippen LogP contribution in [0.4, 0.5) is 8.78 Å². The van der Waals surface area contributed by atoms with E-state index in [1.54, 1.807) is 24.1 Å². The summed E-state index contributed by atoms with van der Waals surface area (Å²) >= 11 is 0. The predicted molar refractivity (Wildman–Crippen MR) is 108 cm³/mol. The van der Waals surface area contributed by atoms with Crippen molar-refractivity contribution in [1.82, 2.24) is 9.21 Å². The number of carbonyl (C=O) groups is 1. The predicted octanol–water partition coefficient (Wildman–Crippen LogP) is 2.80. The van der Waals surface area contributed by atoms with Crippen molar-refractivity contribution in [2.45, 2.75) is 11.3 Å². The highest BCUT2D eigenvalue weighted by atomic mass is 32.2. The maximum absolute atomic E-state index is 14.0. The van der Waals surface area contributed by atoms with Gasteiger partial charge in [-0.15, -0.1) is 0 Å². The van der Waals surface area contributed by atoms with Crippen molar-refractivity contribution >= 4 is 26.9 Å². The van der Waals surface area contributed by atoms with Crippen molar-refractivity contribution in [2.24, 2.45) is 0 Å². The van der Waals surface area contributed by atoms with E-state index in [1.807, 2.05) is 6.07 Å². The van der Waals surface area contributed by atoms with Crippen LogP contribution < -0.4 is 4.74 Å². The Hall–Kier alpha value is -2.98. The topological polar surface area (TPSA) is 80.1 Å². The summed E-state index contributed by atoms with van der Waals surface area (Å²) < 4.78 is 64.2. The van der Waals surface area contributed by atoms with Crippen LogP contribution >= 0.6 is 0 Å². The largest absolute Gasteiger partial charge is 0.497 e. The van der Waals surface area contributed by atoms with Crippen molar-refractivity contribution in [3.05, 3.63) is 59.9 Å². The Bertz CT molecular complexity index is 1230. The van der Waals surface area contributed by atoms with Crippen LogP contribution in [0.2, 0.25) is 0 Å². The van der Waals surface area contributed by atoms with E-state index in [9.17, 15) is 22.0 Å². The molecule has 0 saturated carbocycles. The van der Waals surface area contributed by atoms with Crippen molar-refractivity contribution < 1.29 is 31.1 Å². The minimum atomic E-state index is -4.12. The monoisotopic (exact) mass is 450 g/mol. The summed E-state index contributed by atoms with van der Waals surface area (Å²) in [6, 6.07) is 7.70. The first-order valence-corrected chi connectivity index (χ1v) is 11.0. The van der Waals surface area contributed by atoms with Crippen molar-refractivity contribution in [3.63, 3.8) is 0 Å². The number of benzene rings is 2. The van der Waals surface area contributed by atoms with Gasteiger partial charge in [0.05, 0.1) is 19.8 Å². The number of furan rings is 1. The molecule has 4 rings (SSSR count). The second-order valence-electron chi connectivity index (χ2n) is 7.16. The lowest BCUT2D eigenvalue weighted by molar-refractivity contribution is -0.131. The molecule has 3 aromatic rings. The molecule has 0 unspecified atom stereocenters. The van der Waals surface area contributed by atoms with E-state index in [1.165, 1.54) is 6.26 Å². The number of piperazine rings is 1. The summed E-state index contributed by atoms with van der Waals surface area (Å²) in [4.78, 5) is 13.7. The molecule has 0 aliphatic carbocycles. The van der Waals surface area contributed by atoms with Gasteiger partial charge in [-0.1, -0.05) is 0 Å². The molecule has 0 atom stereocenters. The number of amides is 1. The number of carbonyl (C=O) groups excluding carboxylic acids is 1. The summed E-state index contributed by atoms with van der Waals surface area (Å²) in [5.74, 6) is -1.50. The summed E-state index contributed by atoms with van der Waals surface area (Å²) in [5, 5.41) is 0.808. The van der Waals surface area contributed by atoms with Crippen LogP contribution in [0.15, 0.2) is 52.0 Å². The molecule has 1 aromatic heterocycles. The summed E-state index contributed by atoms with van der Waals surface area (Å²) in [6.07, 6.45) is 1.64. The van der Waals surface area contributed by atoms with Gasteiger partial charge in [0.2, 0.25) is 15.9 Å². The molecular weight excluding hydrogens is 430 g/mol. The lowest BCUT2D eigenvalue weighted by atomic mass is 10.1. The molecule has 0 spiro atoms. The van der Waals surface area contributed by atoms with Gasteiger partial charge < -0.3 is 14.1 Å². The summed E-state index contributed by atoms with van der Waals surface area (Å²) in [7, 11) is -2.56. The maximum Gasteiger partial charge on any atom is 0.246 e. The fourth-order valence-corrected chi connectivity index (χ4v) is 5.07. The van der Waals surface area contributed by atoms with Gasteiger partial charge in [-0.3, -0.25) is 4.79 Å². The number of nitrogens with zero attached hydrogens (tertiary/aromatic N) is 2. The number of halogens is 2. The number of fused-ring (bicyclic) bond motifs is 1. The smallest absolute Gasteiger partial charge is 0.246 e. The molecule has 2 aromatic carbocycles. The van der Waals surface area contributed by atoms with Crippen molar-refractivity contribution in [1.29, 1.82) is 0 Å². The molecule has 1 fully saturated rings. The number of hydrogen-bond donors (Lipinski definition) is 0. The van der Waals surface area contributed by atoms with E-state index < -0.39 is 26.6 Å². The van der Waals surface area contributed by atoms with Crippen LogP contribution in [-0.2, 0) is 21.2 Å². The third-order valence-electron chi connectivity index (χ3n) is 5.31. The van der Waals surface area contributed by atoms with E-state index in [0.717, 1.165) is 27.4 Å². The molecule has 7 nitrogen and oxygen atoms in total. The van der Waals surface area contributed by atoms with Gasteiger partial charge in [-0.25, -0.2) is 17.2 Å². The molecule has 1 saturated heterocycles. The molecule has 2 heterocycles. The lowest BCUT2D eigenvalue weighted by Gasteiger charge is -2.34. The van der Waals surface area contributed by atoms with E-state index in [4.69, 9.17) is 9.15 Å². The highest BCUT2D eigenvalue weighted by Gasteiger charge is 2.32. The molecule has 1 aliphatic rings. The molecule has 10 heteroatoms. The Morgan fingerprint density at radius 3 is 2.52 bits per heavy atom. The molecule has 1 amide bonds. The highest BCUT2D eigenvalue weighted by molar-refractivity contribution is 7.89. The fourth-order valence-electron chi connectivity index (χ4n) is 3.60. The minimum absolute atomic E-state index is 0.0220. The lowest BCUT2D eigenvalue weighted by Crippen LogP contribution is -2.51. The molecular formula is C21H20F2N2O5S. The van der Waals surface area contributed by atoms with Gasteiger partial charge in [-0.05, 0) is 24.3 Å². The summed E-state index contributed by atoms with van der Waals surface area (Å²) in [5.41, 5.74) is 1.34. The minimum Gasteiger partial charge on any atom is -0.497 e. The Kier molecular flexibility index (Phi) is 5.67. The van der Waals surface area contributed by atoms with Gasteiger partial charge in [0.25, 0.3) is 0 Å². The highest BCUT2D eigenvalue weighted by Crippen LogP contribution is 2.27. The van der Waals surface area contributed by atoms with Crippen LogP contribution in [0.25, 0.3) is 11.0 Å². The standard InChI is InChI=1S/C21H20F2N2O5S/c1-29-16-3-4-17-14(13-30-19(17)12-16)10-21(26)24-6-8-25(9-7-24)31(27,28)20-5-2-15(22)11-18(20)23/h2-5,11-13H,6-10H2,1H3. The Labute approximate surface area is 177 Å². The van der Waals surface area contributed by atoms with Crippen LogP contribution in [0.5, 0.6) is 5.75 Å². The van der Waals surface area contributed by atoms with E-state index in [0.29, 0.717) is 17.4 Å². The zero-order valence-corrected chi connectivity index (χ0v) is 17.5. The Morgan fingerprint density at radius 2 is 1.84 bits per heavy atom. The molecule has 1 aliphatic heterocycles.